The summed E-state index contributed by atoms with van der Waals surface area (Å²) in [5.41, 5.74) is 0.851. The molecule has 1 aromatic heterocycles. The number of amides is 1. The van der Waals surface area contributed by atoms with E-state index >= 15 is 0 Å². The van der Waals surface area contributed by atoms with Crippen LogP contribution in [-0.2, 0) is 4.79 Å². The molecule has 0 unspecified atom stereocenters. The van der Waals surface area contributed by atoms with E-state index in [2.05, 4.69) is 37.0 Å². The van der Waals surface area contributed by atoms with Crippen molar-refractivity contribution < 1.29 is 4.79 Å². The maximum absolute atomic E-state index is 11.0. The zero-order valence-electron chi connectivity index (χ0n) is 6.97. The van der Waals surface area contributed by atoms with Crippen molar-refractivity contribution in [3.05, 3.63) is 23.9 Å². The van der Waals surface area contributed by atoms with Crippen LogP contribution in [0.3, 0.4) is 0 Å². The second-order valence-electron chi connectivity index (χ2n) is 2.34. The number of hydrogen-bond acceptors (Lipinski definition) is 2. The fourth-order valence-electron chi connectivity index (χ4n) is 0.803. The van der Waals surface area contributed by atoms with E-state index in [0.717, 1.165) is 5.69 Å². The molecule has 13 heavy (non-hydrogen) atoms. The summed E-state index contributed by atoms with van der Waals surface area (Å²) >= 11 is 2.84. The molecular weight excluding hydrogens is 232 g/mol. The Morgan fingerprint density at radius 3 is 3.00 bits per heavy atom. The number of anilines is 1. The van der Waals surface area contributed by atoms with Crippen LogP contribution in [0.15, 0.2) is 18.2 Å². The molecule has 3 nitrogen and oxygen atoms in total. The van der Waals surface area contributed by atoms with Gasteiger partial charge < -0.3 is 0 Å². The van der Waals surface area contributed by atoms with Crippen molar-refractivity contribution in [2.75, 3.05) is 5.32 Å². The molecule has 0 radical (unpaired) electrons. The predicted octanol–water partition coefficient (Wildman–Crippen LogP) is 1.68. The minimum absolute atomic E-state index is 0.380. The molecular formula is C9H7BrN2O. The topological polar surface area (TPSA) is 42.0 Å². The van der Waals surface area contributed by atoms with Gasteiger partial charge >= 0.3 is 5.91 Å². The van der Waals surface area contributed by atoms with Gasteiger partial charge in [0.1, 0.15) is 5.82 Å². The molecule has 4 heteroatoms. The predicted molar refractivity (Wildman–Crippen MR) is 54.3 cm³/mol. The molecule has 66 valence electrons. The molecule has 1 aromatic rings. The summed E-state index contributed by atoms with van der Waals surface area (Å²) in [5.74, 6) is 2.42. The Kier molecular flexibility index (Phi) is 3.47. The number of aryl methyl sites for hydroxylation is 1. The maximum atomic E-state index is 11.0. The summed E-state index contributed by atoms with van der Waals surface area (Å²) in [4.78, 5) is 17.4. The van der Waals surface area contributed by atoms with Crippen molar-refractivity contribution in [3.63, 3.8) is 0 Å². The van der Waals surface area contributed by atoms with Gasteiger partial charge in [0.25, 0.3) is 0 Å². The van der Waals surface area contributed by atoms with Gasteiger partial charge in [0.15, 0.2) is 0 Å². The highest BCUT2D eigenvalue weighted by Gasteiger charge is 1.97. The zero-order valence-corrected chi connectivity index (χ0v) is 8.55. The number of carbonyl (C=O) groups excluding carboxylic acids is 1. The molecule has 0 fully saturated rings. The number of rotatable bonds is 1. The first-order valence-electron chi connectivity index (χ1n) is 3.58. The van der Waals surface area contributed by atoms with Crippen LogP contribution < -0.4 is 5.32 Å². The van der Waals surface area contributed by atoms with Crippen LogP contribution in [0.5, 0.6) is 0 Å². The summed E-state index contributed by atoms with van der Waals surface area (Å²) < 4.78 is 0. The lowest BCUT2D eigenvalue weighted by Gasteiger charge is -1.99. The van der Waals surface area contributed by atoms with Crippen LogP contribution in [0.1, 0.15) is 5.69 Å². The fourth-order valence-corrected chi connectivity index (χ4v) is 0.983. The molecule has 0 aliphatic heterocycles. The van der Waals surface area contributed by atoms with Gasteiger partial charge in [-0.05, 0) is 23.9 Å². The molecule has 1 N–H and O–H groups in total. The molecule has 0 spiro atoms. The molecule has 0 atom stereocenters. The first-order chi connectivity index (χ1) is 6.22. The highest BCUT2D eigenvalue weighted by molar-refractivity contribution is 9.12. The first kappa shape index (κ1) is 9.75. The number of hydrogen-bond donors (Lipinski definition) is 1. The summed E-state index contributed by atoms with van der Waals surface area (Å²) in [6.07, 6.45) is 0. The van der Waals surface area contributed by atoms with Crippen LogP contribution in [0.25, 0.3) is 0 Å². The summed E-state index contributed by atoms with van der Waals surface area (Å²) in [6, 6.07) is 5.38. The fraction of sp³-hybridized carbons (Fsp3) is 0.111. The SMILES string of the molecule is Cc1cccc(NC(=O)C#CBr)n1. The molecule has 0 saturated carbocycles. The van der Waals surface area contributed by atoms with Crippen LogP contribution in [0.2, 0.25) is 0 Å². The number of nitrogens with one attached hydrogen (secondary N) is 1. The normalized spacial score (nSPS) is 8.46. The van der Waals surface area contributed by atoms with Crippen molar-refractivity contribution >= 4 is 27.7 Å². The van der Waals surface area contributed by atoms with E-state index in [1.807, 2.05) is 19.1 Å². The Hall–Kier alpha value is -1.34. The Balaban J connectivity index is 2.73. The van der Waals surface area contributed by atoms with E-state index in [1.54, 1.807) is 6.07 Å². The summed E-state index contributed by atoms with van der Waals surface area (Å²) in [6.45, 7) is 1.85. The van der Waals surface area contributed by atoms with Gasteiger partial charge in [0, 0.05) is 27.5 Å². The van der Waals surface area contributed by atoms with Gasteiger partial charge in [-0.1, -0.05) is 6.07 Å². The van der Waals surface area contributed by atoms with Crippen molar-refractivity contribution in [1.82, 2.24) is 4.98 Å². The van der Waals surface area contributed by atoms with Gasteiger partial charge in [-0.2, -0.15) is 0 Å². The lowest BCUT2D eigenvalue weighted by atomic mass is 10.4. The quantitative estimate of drug-likeness (QED) is 0.757. The van der Waals surface area contributed by atoms with E-state index in [0.29, 0.717) is 5.82 Å². The Labute approximate surface area is 84.7 Å². The number of carbonyl (C=O) groups is 1. The number of halogens is 1. The minimum Gasteiger partial charge on any atom is -0.300 e. The number of aromatic nitrogens is 1. The molecule has 0 aliphatic carbocycles. The molecule has 0 aromatic carbocycles. The highest BCUT2D eigenvalue weighted by Crippen LogP contribution is 2.02. The van der Waals surface area contributed by atoms with Gasteiger partial charge in [-0.25, -0.2) is 4.98 Å². The third-order valence-corrected chi connectivity index (χ3v) is 1.49. The van der Waals surface area contributed by atoms with Gasteiger partial charge in [-0.15, -0.1) is 0 Å². The Morgan fingerprint density at radius 1 is 1.62 bits per heavy atom. The Morgan fingerprint density at radius 2 is 2.38 bits per heavy atom. The van der Waals surface area contributed by atoms with Crippen LogP contribution in [0, 0.1) is 17.7 Å². The van der Waals surface area contributed by atoms with Crippen LogP contribution in [0.4, 0.5) is 5.82 Å². The lowest BCUT2D eigenvalue weighted by Crippen LogP contribution is -2.09. The van der Waals surface area contributed by atoms with Gasteiger partial charge in [0.2, 0.25) is 0 Å². The second kappa shape index (κ2) is 4.63. The minimum atomic E-state index is -0.380. The van der Waals surface area contributed by atoms with Crippen molar-refractivity contribution in [1.29, 1.82) is 0 Å². The van der Waals surface area contributed by atoms with Crippen molar-refractivity contribution in [3.8, 4) is 10.8 Å². The summed E-state index contributed by atoms with van der Waals surface area (Å²) in [7, 11) is 0. The van der Waals surface area contributed by atoms with Crippen LogP contribution in [-0.4, -0.2) is 10.9 Å². The van der Waals surface area contributed by atoms with E-state index in [1.165, 1.54) is 0 Å². The standard InChI is InChI=1S/C9H7BrN2O/c1-7-3-2-4-8(11-7)12-9(13)5-6-10/h2-4H,1H3,(H,11,12,13). The van der Waals surface area contributed by atoms with E-state index in [9.17, 15) is 4.79 Å². The maximum Gasteiger partial charge on any atom is 0.302 e. The third-order valence-electron chi connectivity index (χ3n) is 1.29. The van der Waals surface area contributed by atoms with Crippen LogP contribution >= 0.6 is 15.9 Å². The largest absolute Gasteiger partial charge is 0.302 e. The number of pyridine rings is 1. The van der Waals surface area contributed by atoms with E-state index in [-0.39, 0.29) is 5.91 Å². The second-order valence-corrected chi connectivity index (χ2v) is 2.73. The molecule has 0 aliphatic rings. The molecule has 0 saturated heterocycles. The van der Waals surface area contributed by atoms with E-state index < -0.39 is 0 Å². The highest BCUT2D eigenvalue weighted by atomic mass is 79.9. The molecule has 1 rings (SSSR count). The number of nitrogens with zero attached hydrogens (tertiary/aromatic N) is 1. The van der Waals surface area contributed by atoms with Gasteiger partial charge in [-0.3, -0.25) is 10.1 Å². The molecule has 0 bridgehead atoms. The van der Waals surface area contributed by atoms with Crippen molar-refractivity contribution in [2.24, 2.45) is 0 Å². The molecule has 1 amide bonds. The zero-order chi connectivity index (χ0) is 9.68. The average Bonchev–Trinajstić information content (AvgIpc) is 2.04. The smallest absolute Gasteiger partial charge is 0.300 e. The monoisotopic (exact) mass is 238 g/mol. The van der Waals surface area contributed by atoms with Crippen molar-refractivity contribution in [2.45, 2.75) is 6.92 Å². The lowest BCUT2D eigenvalue weighted by molar-refractivity contribution is -0.111. The molecule has 1 heterocycles. The third kappa shape index (κ3) is 3.26. The Bertz CT molecular complexity index is 379. The average molecular weight is 239 g/mol. The summed E-state index contributed by atoms with van der Waals surface area (Å²) in [5, 5.41) is 2.53. The first-order valence-corrected chi connectivity index (χ1v) is 4.38. The van der Waals surface area contributed by atoms with E-state index in [4.69, 9.17) is 0 Å². The van der Waals surface area contributed by atoms with Gasteiger partial charge in [0.05, 0.1) is 0 Å².